The first-order valence-electron chi connectivity index (χ1n) is 7.35. The average Bonchev–Trinajstić information content (AvgIpc) is 2.57. The summed E-state index contributed by atoms with van der Waals surface area (Å²) in [6.45, 7) is 5.01. The van der Waals surface area contributed by atoms with Gasteiger partial charge in [0, 0.05) is 18.6 Å². The van der Waals surface area contributed by atoms with Gasteiger partial charge in [-0.2, -0.15) is 0 Å². The molecule has 112 valence electrons. The fraction of sp³-hybridized carbons (Fsp3) is 0.625. The number of halogens is 1. The Labute approximate surface area is 121 Å². The van der Waals surface area contributed by atoms with Crippen molar-refractivity contribution < 1.29 is 4.39 Å². The van der Waals surface area contributed by atoms with Gasteiger partial charge in [0.15, 0.2) is 0 Å². The highest BCUT2D eigenvalue weighted by atomic mass is 19.1. The summed E-state index contributed by atoms with van der Waals surface area (Å²) in [5, 5.41) is 3.38. The van der Waals surface area contributed by atoms with E-state index in [0.29, 0.717) is 11.6 Å². The number of benzene rings is 1. The Morgan fingerprint density at radius 2 is 2.05 bits per heavy atom. The smallest absolute Gasteiger partial charge is 0.126 e. The zero-order valence-corrected chi connectivity index (χ0v) is 13.0. The number of likely N-dealkylation sites (N-methyl/N-ethyl adjacent to an activating group) is 3. The van der Waals surface area contributed by atoms with Crippen LogP contribution < -0.4 is 5.32 Å². The van der Waals surface area contributed by atoms with Crippen LogP contribution in [0.2, 0.25) is 0 Å². The van der Waals surface area contributed by atoms with E-state index in [-0.39, 0.29) is 11.9 Å². The molecular formula is C16H26FN3. The second-order valence-corrected chi connectivity index (χ2v) is 5.94. The molecule has 0 saturated carbocycles. The largest absolute Gasteiger partial charge is 0.312 e. The topological polar surface area (TPSA) is 18.5 Å². The monoisotopic (exact) mass is 279 g/mol. The van der Waals surface area contributed by atoms with E-state index in [1.807, 2.05) is 19.2 Å². The molecule has 0 bridgehead atoms. The first-order valence-corrected chi connectivity index (χ1v) is 7.35. The van der Waals surface area contributed by atoms with Crippen LogP contribution in [0.1, 0.15) is 23.6 Å². The van der Waals surface area contributed by atoms with Crippen molar-refractivity contribution in [3.63, 3.8) is 0 Å². The number of nitrogens with one attached hydrogen (secondary N) is 1. The van der Waals surface area contributed by atoms with E-state index >= 15 is 0 Å². The SMILES string of the molecule is CNC(c1ccc(C)c(F)c1)C1CN(C)CCCN1C. The first kappa shape index (κ1) is 15.4. The summed E-state index contributed by atoms with van der Waals surface area (Å²) in [5.41, 5.74) is 1.73. The fourth-order valence-electron chi connectivity index (χ4n) is 3.05. The maximum atomic E-state index is 13.8. The van der Waals surface area contributed by atoms with E-state index < -0.39 is 0 Å². The zero-order chi connectivity index (χ0) is 14.7. The molecule has 0 radical (unpaired) electrons. The van der Waals surface area contributed by atoms with Gasteiger partial charge in [0.25, 0.3) is 0 Å². The van der Waals surface area contributed by atoms with Gasteiger partial charge in [-0.3, -0.25) is 0 Å². The quantitative estimate of drug-likeness (QED) is 0.913. The Balaban J connectivity index is 2.27. The van der Waals surface area contributed by atoms with E-state index in [1.54, 1.807) is 13.0 Å². The van der Waals surface area contributed by atoms with Crippen molar-refractivity contribution in [3.8, 4) is 0 Å². The standard InChI is InChI=1S/C16H26FN3/c1-12-6-7-13(10-14(12)17)16(18-2)15-11-19(3)8-5-9-20(15)4/h6-7,10,15-16,18H,5,8-9,11H2,1-4H3. The summed E-state index contributed by atoms with van der Waals surface area (Å²) in [4.78, 5) is 4.76. The molecule has 2 rings (SSSR count). The van der Waals surface area contributed by atoms with Crippen LogP contribution in [-0.2, 0) is 0 Å². The predicted octanol–water partition coefficient (Wildman–Crippen LogP) is 2.03. The molecule has 0 aliphatic carbocycles. The Hall–Kier alpha value is -0.970. The van der Waals surface area contributed by atoms with Gasteiger partial charge in [0.2, 0.25) is 0 Å². The predicted molar refractivity (Wildman–Crippen MR) is 81.5 cm³/mol. The minimum Gasteiger partial charge on any atom is -0.312 e. The van der Waals surface area contributed by atoms with Gasteiger partial charge in [-0.25, -0.2) is 4.39 Å². The van der Waals surface area contributed by atoms with Crippen LogP contribution in [0.15, 0.2) is 18.2 Å². The molecule has 1 saturated heterocycles. The number of rotatable bonds is 3. The fourth-order valence-corrected chi connectivity index (χ4v) is 3.05. The first-order chi connectivity index (χ1) is 9.52. The van der Waals surface area contributed by atoms with E-state index in [9.17, 15) is 4.39 Å². The summed E-state index contributed by atoms with van der Waals surface area (Å²) in [6.07, 6.45) is 1.18. The molecular weight excluding hydrogens is 253 g/mol. The summed E-state index contributed by atoms with van der Waals surface area (Å²) >= 11 is 0. The number of aryl methyl sites for hydroxylation is 1. The minimum atomic E-state index is -0.118. The van der Waals surface area contributed by atoms with Gasteiger partial charge in [0.1, 0.15) is 5.82 Å². The van der Waals surface area contributed by atoms with Crippen LogP contribution in [0.3, 0.4) is 0 Å². The van der Waals surface area contributed by atoms with Gasteiger partial charge in [-0.15, -0.1) is 0 Å². The van der Waals surface area contributed by atoms with Crippen LogP contribution >= 0.6 is 0 Å². The highest BCUT2D eigenvalue weighted by molar-refractivity contribution is 5.27. The molecule has 0 aromatic heterocycles. The Morgan fingerprint density at radius 1 is 1.30 bits per heavy atom. The summed E-state index contributed by atoms with van der Waals surface area (Å²) in [7, 11) is 6.29. The molecule has 2 atom stereocenters. The number of hydrogen-bond donors (Lipinski definition) is 1. The van der Waals surface area contributed by atoms with E-state index in [2.05, 4.69) is 29.2 Å². The van der Waals surface area contributed by atoms with Crippen LogP contribution in [0.5, 0.6) is 0 Å². The summed E-state index contributed by atoms with van der Waals surface area (Å²) < 4.78 is 13.8. The third-order valence-corrected chi connectivity index (χ3v) is 4.37. The van der Waals surface area contributed by atoms with Gasteiger partial charge >= 0.3 is 0 Å². The Kier molecular flexibility index (Phi) is 5.13. The highest BCUT2D eigenvalue weighted by Gasteiger charge is 2.28. The van der Waals surface area contributed by atoms with Gasteiger partial charge in [-0.1, -0.05) is 12.1 Å². The van der Waals surface area contributed by atoms with Crippen molar-refractivity contribution >= 4 is 0 Å². The van der Waals surface area contributed by atoms with Crippen molar-refractivity contribution in [2.24, 2.45) is 0 Å². The third kappa shape index (κ3) is 3.37. The maximum absolute atomic E-state index is 13.8. The van der Waals surface area contributed by atoms with Crippen LogP contribution in [0, 0.1) is 12.7 Å². The van der Waals surface area contributed by atoms with Crippen molar-refractivity contribution in [2.75, 3.05) is 40.8 Å². The average molecular weight is 279 g/mol. The van der Waals surface area contributed by atoms with Crippen LogP contribution in [-0.4, -0.2) is 56.6 Å². The highest BCUT2D eigenvalue weighted by Crippen LogP contribution is 2.24. The third-order valence-electron chi connectivity index (χ3n) is 4.37. The molecule has 1 aromatic rings. The Morgan fingerprint density at radius 3 is 2.70 bits per heavy atom. The lowest BCUT2D eigenvalue weighted by molar-refractivity contribution is 0.182. The van der Waals surface area contributed by atoms with E-state index in [4.69, 9.17) is 0 Å². The van der Waals surface area contributed by atoms with Crippen molar-refractivity contribution in [1.82, 2.24) is 15.1 Å². The molecule has 4 heteroatoms. The molecule has 1 heterocycles. The lowest BCUT2D eigenvalue weighted by Gasteiger charge is -2.34. The Bertz CT molecular complexity index is 449. The normalized spacial score (nSPS) is 23.6. The molecule has 1 aromatic carbocycles. The van der Waals surface area contributed by atoms with Crippen LogP contribution in [0.4, 0.5) is 4.39 Å². The molecule has 3 nitrogen and oxygen atoms in total. The lowest BCUT2D eigenvalue weighted by atomic mass is 9.97. The van der Waals surface area contributed by atoms with Crippen molar-refractivity contribution in [2.45, 2.75) is 25.4 Å². The van der Waals surface area contributed by atoms with Crippen molar-refractivity contribution in [3.05, 3.63) is 35.1 Å². The summed E-state index contributed by atoms with van der Waals surface area (Å²) in [6, 6.07) is 6.09. The molecule has 2 unspecified atom stereocenters. The molecule has 20 heavy (non-hydrogen) atoms. The second kappa shape index (κ2) is 6.66. The van der Waals surface area contributed by atoms with Crippen molar-refractivity contribution in [1.29, 1.82) is 0 Å². The van der Waals surface area contributed by atoms with E-state index in [1.165, 1.54) is 6.42 Å². The van der Waals surface area contributed by atoms with Crippen LogP contribution in [0.25, 0.3) is 0 Å². The zero-order valence-electron chi connectivity index (χ0n) is 13.0. The number of nitrogens with zero attached hydrogens (tertiary/aromatic N) is 2. The second-order valence-electron chi connectivity index (χ2n) is 5.94. The lowest BCUT2D eigenvalue weighted by Crippen LogP contribution is -2.46. The molecule has 0 amide bonds. The molecule has 1 N–H and O–H groups in total. The molecule has 1 aliphatic rings. The minimum absolute atomic E-state index is 0.118. The van der Waals surface area contributed by atoms with E-state index in [0.717, 1.165) is 25.2 Å². The molecule has 1 aliphatic heterocycles. The van der Waals surface area contributed by atoms with Gasteiger partial charge in [-0.05, 0) is 64.8 Å². The van der Waals surface area contributed by atoms with Gasteiger partial charge in [0.05, 0.1) is 0 Å². The maximum Gasteiger partial charge on any atom is 0.126 e. The van der Waals surface area contributed by atoms with Gasteiger partial charge < -0.3 is 15.1 Å². The molecule has 0 spiro atoms. The molecule has 1 fully saturated rings. The number of hydrogen-bond acceptors (Lipinski definition) is 3. The summed E-state index contributed by atoms with van der Waals surface area (Å²) in [5.74, 6) is -0.118.